The van der Waals surface area contributed by atoms with Crippen LogP contribution in [0.3, 0.4) is 0 Å². The number of anilines is 2. The molecule has 8 heteroatoms. The van der Waals surface area contributed by atoms with Crippen LogP contribution in [0.25, 0.3) is 0 Å². The Labute approximate surface area is 195 Å². The lowest BCUT2D eigenvalue weighted by atomic mass is 10.1. The maximum atomic E-state index is 12.9. The first-order valence-corrected chi connectivity index (χ1v) is 11.1. The molecule has 3 aromatic rings. The molecule has 1 unspecified atom stereocenters. The van der Waals surface area contributed by atoms with Gasteiger partial charge in [0.1, 0.15) is 0 Å². The second-order valence-corrected chi connectivity index (χ2v) is 8.91. The zero-order chi connectivity index (χ0) is 23.5. The van der Waals surface area contributed by atoms with Crippen molar-refractivity contribution in [2.45, 2.75) is 23.5 Å². The van der Waals surface area contributed by atoms with Crippen LogP contribution >= 0.6 is 11.8 Å². The minimum absolute atomic E-state index is 0.0763. The smallest absolute Gasteiger partial charge is 0.255 e. The van der Waals surface area contributed by atoms with Gasteiger partial charge in [-0.3, -0.25) is 19.2 Å². The van der Waals surface area contributed by atoms with Crippen LogP contribution in [0.5, 0.6) is 0 Å². The number of benzene rings is 3. The van der Waals surface area contributed by atoms with E-state index in [0.29, 0.717) is 22.5 Å². The largest absolute Gasteiger partial charge is 0.366 e. The van der Waals surface area contributed by atoms with Gasteiger partial charge in [0.25, 0.3) is 5.91 Å². The van der Waals surface area contributed by atoms with Crippen LogP contribution in [0.4, 0.5) is 11.4 Å². The first-order valence-electron chi connectivity index (χ1n) is 10.2. The number of hydrogen-bond donors (Lipinski definition) is 2. The van der Waals surface area contributed by atoms with Gasteiger partial charge in [0.2, 0.25) is 17.7 Å². The Kier molecular flexibility index (Phi) is 6.28. The maximum Gasteiger partial charge on any atom is 0.255 e. The van der Waals surface area contributed by atoms with E-state index in [4.69, 9.17) is 5.73 Å². The molecule has 0 bridgehead atoms. The highest BCUT2D eigenvalue weighted by atomic mass is 32.2. The summed E-state index contributed by atoms with van der Waals surface area (Å²) in [5.74, 6) is -1.39. The molecule has 33 heavy (non-hydrogen) atoms. The summed E-state index contributed by atoms with van der Waals surface area (Å²) in [6.07, 6.45) is 0.0763. The number of carbonyl (C=O) groups is 4. The zero-order valence-electron chi connectivity index (χ0n) is 17.8. The summed E-state index contributed by atoms with van der Waals surface area (Å²) in [6, 6.07) is 20.5. The van der Waals surface area contributed by atoms with Crippen molar-refractivity contribution in [1.29, 1.82) is 0 Å². The van der Waals surface area contributed by atoms with Crippen molar-refractivity contribution in [3.63, 3.8) is 0 Å². The van der Waals surface area contributed by atoms with Gasteiger partial charge in [0, 0.05) is 28.1 Å². The average Bonchev–Trinajstić information content (AvgIpc) is 3.07. The van der Waals surface area contributed by atoms with Gasteiger partial charge in [0.05, 0.1) is 10.9 Å². The van der Waals surface area contributed by atoms with Gasteiger partial charge in [-0.05, 0) is 67.6 Å². The lowest BCUT2D eigenvalue weighted by molar-refractivity contribution is -0.121. The van der Waals surface area contributed by atoms with Gasteiger partial charge in [0.15, 0.2) is 0 Å². The molecule has 1 atom stereocenters. The molecule has 1 fully saturated rings. The summed E-state index contributed by atoms with van der Waals surface area (Å²) in [4.78, 5) is 51.0. The third-order valence-electron chi connectivity index (χ3n) is 5.19. The van der Waals surface area contributed by atoms with Gasteiger partial charge in [-0.15, -0.1) is 11.8 Å². The molecule has 3 aromatic carbocycles. The van der Waals surface area contributed by atoms with Crippen LogP contribution in [0.1, 0.15) is 32.7 Å². The van der Waals surface area contributed by atoms with Crippen molar-refractivity contribution in [2.75, 3.05) is 10.2 Å². The second-order valence-electron chi connectivity index (χ2n) is 7.64. The number of nitrogens with one attached hydrogen (secondary N) is 1. The third kappa shape index (κ3) is 4.96. The summed E-state index contributed by atoms with van der Waals surface area (Å²) in [6.45, 7) is 1.93. The number of carbonyl (C=O) groups excluding carboxylic acids is 4. The fraction of sp³-hybridized carbons (Fsp3) is 0.120. The van der Waals surface area contributed by atoms with E-state index in [1.54, 1.807) is 30.3 Å². The molecule has 7 nitrogen and oxygen atoms in total. The minimum atomic E-state index is -0.576. The van der Waals surface area contributed by atoms with E-state index in [-0.39, 0.29) is 24.1 Å². The minimum Gasteiger partial charge on any atom is -0.366 e. The Morgan fingerprint density at radius 3 is 2.30 bits per heavy atom. The molecule has 1 heterocycles. The average molecular weight is 460 g/mol. The molecule has 0 saturated carbocycles. The van der Waals surface area contributed by atoms with Gasteiger partial charge in [-0.25, -0.2) is 4.90 Å². The van der Waals surface area contributed by atoms with Crippen molar-refractivity contribution in [3.8, 4) is 0 Å². The fourth-order valence-corrected chi connectivity index (χ4v) is 4.57. The Morgan fingerprint density at radius 1 is 0.970 bits per heavy atom. The molecule has 0 radical (unpaired) electrons. The van der Waals surface area contributed by atoms with Crippen molar-refractivity contribution in [1.82, 2.24) is 0 Å². The van der Waals surface area contributed by atoms with Gasteiger partial charge < -0.3 is 11.1 Å². The first kappa shape index (κ1) is 22.3. The number of imide groups is 1. The summed E-state index contributed by atoms with van der Waals surface area (Å²) in [5, 5.41) is 2.30. The Bertz CT molecular complexity index is 1240. The summed E-state index contributed by atoms with van der Waals surface area (Å²) in [5.41, 5.74) is 8.17. The van der Waals surface area contributed by atoms with E-state index < -0.39 is 11.2 Å². The number of nitrogens with two attached hydrogens (primary N) is 1. The molecule has 166 valence electrons. The number of thioether (sulfide) groups is 1. The Balaban J connectivity index is 1.41. The Morgan fingerprint density at radius 2 is 1.67 bits per heavy atom. The van der Waals surface area contributed by atoms with Crippen molar-refractivity contribution >= 4 is 46.8 Å². The number of rotatable bonds is 6. The molecule has 4 rings (SSSR count). The SMILES string of the molecule is Cc1cccc(C(=O)Nc2ccc(SC3CC(=O)N(c4ccc(C(N)=O)cc4)C3=O)cc2)c1. The second kappa shape index (κ2) is 9.30. The van der Waals surface area contributed by atoms with E-state index in [2.05, 4.69) is 5.32 Å². The number of hydrogen-bond acceptors (Lipinski definition) is 5. The molecular weight excluding hydrogens is 438 g/mol. The topological polar surface area (TPSA) is 110 Å². The lowest BCUT2D eigenvalue weighted by Gasteiger charge is -2.15. The molecule has 0 aromatic heterocycles. The van der Waals surface area contributed by atoms with E-state index >= 15 is 0 Å². The molecule has 0 spiro atoms. The fourth-order valence-electron chi connectivity index (χ4n) is 3.51. The summed E-state index contributed by atoms with van der Waals surface area (Å²) in [7, 11) is 0. The number of primary amides is 1. The van der Waals surface area contributed by atoms with Crippen LogP contribution in [0, 0.1) is 6.92 Å². The van der Waals surface area contributed by atoms with Gasteiger partial charge >= 0.3 is 0 Å². The van der Waals surface area contributed by atoms with Crippen LogP contribution in [-0.4, -0.2) is 28.9 Å². The van der Waals surface area contributed by atoms with Gasteiger partial charge in [-0.2, -0.15) is 0 Å². The molecule has 1 aliphatic rings. The van der Waals surface area contributed by atoms with Crippen molar-refractivity contribution in [2.24, 2.45) is 5.73 Å². The van der Waals surface area contributed by atoms with Crippen LogP contribution in [0.2, 0.25) is 0 Å². The van der Waals surface area contributed by atoms with Gasteiger partial charge in [-0.1, -0.05) is 17.7 Å². The third-order valence-corrected chi connectivity index (χ3v) is 6.38. The van der Waals surface area contributed by atoms with E-state index in [9.17, 15) is 19.2 Å². The number of aryl methyl sites for hydroxylation is 1. The molecule has 4 amide bonds. The Hall–Kier alpha value is -3.91. The van der Waals surface area contributed by atoms with E-state index in [1.807, 2.05) is 25.1 Å². The standard InChI is InChI=1S/C25H21N3O4S/c1-15-3-2-4-17(13-15)24(31)27-18-7-11-20(12-8-18)33-21-14-22(29)28(25(21)32)19-9-5-16(6-10-19)23(26)30/h2-13,21H,14H2,1H3,(H2,26,30)(H,27,31). The van der Waals surface area contributed by atoms with E-state index in [0.717, 1.165) is 15.4 Å². The number of nitrogens with zero attached hydrogens (tertiary/aromatic N) is 1. The van der Waals surface area contributed by atoms with Crippen LogP contribution in [0.15, 0.2) is 77.7 Å². The lowest BCUT2D eigenvalue weighted by Crippen LogP contribution is -2.31. The molecular formula is C25H21N3O4S. The molecule has 3 N–H and O–H groups in total. The quantitative estimate of drug-likeness (QED) is 0.546. The first-order chi connectivity index (χ1) is 15.8. The predicted octanol–water partition coefficient (Wildman–Crippen LogP) is 3.77. The highest BCUT2D eigenvalue weighted by Gasteiger charge is 2.40. The van der Waals surface area contributed by atoms with E-state index in [1.165, 1.54) is 36.0 Å². The number of amides is 4. The highest BCUT2D eigenvalue weighted by molar-refractivity contribution is 8.00. The summed E-state index contributed by atoms with van der Waals surface area (Å²) < 4.78 is 0. The molecule has 1 saturated heterocycles. The molecule has 0 aliphatic carbocycles. The predicted molar refractivity (Wildman–Crippen MR) is 127 cm³/mol. The normalized spacial score (nSPS) is 15.5. The highest BCUT2D eigenvalue weighted by Crippen LogP contribution is 2.34. The van der Waals surface area contributed by atoms with Crippen molar-refractivity contribution in [3.05, 3.63) is 89.5 Å². The van der Waals surface area contributed by atoms with Crippen LogP contribution < -0.4 is 16.0 Å². The monoisotopic (exact) mass is 459 g/mol. The maximum absolute atomic E-state index is 12.9. The summed E-state index contributed by atoms with van der Waals surface area (Å²) >= 11 is 1.30. The van der Waals surface area contributed by atoms with Crippen molar-refractivity contribution < 1.29 is 19.2 Å². The zero-order valence-corrected chi connectivity index (χ0v) is 18.6. The van der Waals surface area contributed by atoms with Crippen LogP contribution in [-0.2, 0) is 9.59 Å². The molecule has 1 aliphatic heterocycles.